The van der Waals surface area contributed by atoms with Gasteiger partial charge in [-0.15, -0.1) is 0 Å². The number of piperazine rings is 1. The van der Waals surface area contributed by atoms with E-state index in [1.165, 1.54) is 25.8 Å². The average molecular weight is 255 g/mol. The Hall–Kier alpha value is -0.160. The van der Waals surface area contributed by atoms with Crippen molar-refractivity contribution >= 4 is 0 Å². The lowest BCUT2D eigenvalue weighted by Crippen LogP contribution is -2.64. The monoisotopic (exact) mass is 255 g/mol. The maximum absolute atomic E-state index is 9.66. The van der Waals surface area contributed by atoms with Gasteiger partial charge < -0.3 is 10.8 Å². The number of aliphatic hydroxyl groups is 1. The highest BCUT2D eigenvalue weighted by molar-refractivity contribution is 4.94. The van der Waals surface area contributed by atoms with Gasteiger partial charge in [0.15, 0.2) is 0 Å². The van der Waals surface area contributed by atoms with Crippen molar-refractivity contribution in [2.45, 2.75) is 63.7 Å². The standard InChI is InChI=1S/C14H29N3O/c1-3-13(15)14(10-18)17-9-12-6-4-5-7-16(12)8-11(17)2/h11-14,18H,3-10,15H2,1-2H3. The molecule has 0 saturated carbocycles. The van der Waals surface area contributed by atoms with E-state index in [2.05, 4.69) is 23.6 Å². The molecule has 0 spiro atoms. The molecule has 106 valence electrons. The Morgan fingerprint density at radius 3 is 2.78 bits per heavy atom. The van der Waals surface area contributed by atoms with Gasteiger partial charge in [-0.05, 0) is 32.7 Å². The first-order valence-electron chi connectivity index (χ1n) is 7.53. The number of hydrogen-bond acceptors (Lipinski definition) is 4. The van der Waals surface area contributed by atoms with Crippen LogP contribution in [0.25, 0.3) is 0 Å². The zero-order chi connectivity index (χ0) is 13.1. The molecule has 0 radical (unpaired) electrons. The van der Waals surface area contributed by atoms with E-state index >= 15 is 0 Å². The van der Waals surface area contributed by atoms with Gasteiger partial charge in [0, 0.05) is 37.3 Å². The van der Waals surface area contributed by atoms with Crippen LogP contribution in [-0.4, -0.2) is 65.3 Å². The summed E-state index contributed by atoms with van der Waals surface area (Å²) in [7, 11) is 0. The van der Waals surface area contributed by atoms with Gasteiger partial charge in [-0.2, -0.15) is 0 Å². The number of aliphatic hydroxyl groups excluding tert-OH is 1. The molecular formula is C14H29N3O. The van der Waals surface area contributed by atoms with Gasteiger partial charge in [0.2, 0.25) is 0 Å². The molecule has 0 aromatic heterocycles. The first-order valence-corrected chi connectivity index (χ1v) is 7.53. The van der Waals surface area contributed by atoms with Gasteiger partial charge in [-0.1, -0.05) is 13.3 Å². The molecule has 2 heterocycles. The molecule has 0 amide bonds. The quantitative estimate of drug-likeness (QED) is 0.774. The van der Waals surface area contributed by atoms with Crippen LogP contribution < -0.4 is 5.73 Å². The van der Waals surface area contributed by atoms with Crippen molar-refractivity contribution in [2.75, 3.05) is 26.2 Å². The van der Waals surface area contributed by atoms with Crippen molar-refractivity contribution in [2.24, 2.45) is 5.73 Å². The summed E-state index contributed by atoms with van der Waals surface area (Å²) in [4.78, 5) is 5.09. The van der Waals surface area contributed by atoms with Crippen LogP contribution in [0.1, 0.15) is 39.5 Å². The molecule has 2 aliphatic heterocycles. The molecule has 0 aromatic rings. The highest BCUT2D eigenvalue weighted by Crippen LogP contribution is 2.26. The lowest BCUT2D eigenvalue weighted by atomic mass is 9.94. The SMILES string of the molecule is CCC(N)C(CO)N1CC2CCCCN2CC1C. The number of fused-ring (bicyclic) bond motifs is 1. The highest BCUT2D eigenvalue weighted by atomic mass is 16.3. The topological polar surface area (TPSA) is 52.7 Å². The second kappa shape index (κ2) is 6.33. The van der Waals surface area contributed by atoms with Crippen LogP contribution in [0, 0.1) is 0 Å². The molecule has 4 heteroatoms. The van der Waals surface area contributed by atoms with Crippen molar-refractivity contribution in [3.8, 4) is 0 Å². The first kappa shape index (κ1) is 14.3. The van der Waals surface area contributed by atoms with Gasteiger partial charge in [0.1, 0.15) is 0 Å². The van der Waals surface area contributed by atoms with Gasteiger partial charge in [-0.25, -0.2) is 0 Å². The van der Waals surface area contributed by atoms with E-state index in [1.54, 1.807) is 0 Å². The Balaban J connectivity index is 2.03. The number of nitrogens with two attached hydrogens (primary N) is 1. The molecule has 0 bridgehead atoms. The van der Waals surface area contributed by atoms with Crippen molar-refractivity contribution in [3.63, 3.8) is 0 Å². The molecule has 2 saturated heterocycles. The van der Waals surface area contributed by atoms with Crippen molar-refractivity contribution < 1.29 is 5.11 Å². The summed E-state index contributed by atoms with van der Waals surface area (Å²) < 4.78 is 0. The summed E-state index contributed by atoms with van der Waals surface area (Å²) in [5, 5.41) is 9.66. The molecule has 2 aliphatic rings. The van der Waals surface area contributed by atoms with E-state index in [0.29, 0.717) is 12.1 Å². The maximum Gasteiger partial charge on any atom is 0.0602 e. The summed E-state index contributed by atoms with van der Waals surface area (Å²) >= 11 is 0. The van der Waals surface area contributed by atoms with Gasteiger partial charge in [0.25, 0.3) is 0 Å². The third kappa shape index (κ3) is 2.87. The highest BCUT2D eigenvalue weighted by Gasteiger charge is 2.37. The lowest BCUT2D eigenvalue weighted by Gasteiger charge is -2.50. The van der Waals surface area contributed by atoms with Gasteiger partial charge in [0.05, 0.1) is 6.61 Å². The minimum Gasteiger partial charge on any atom is -0.395 e. The van der Waals surface area contributed by atoms with Crippen LogP contribution in [0.5, 0.6) is 0 Å². The predicted molar refractivity (Wildman–Crippen MR) is 74.5 cm³/mol. The third-order valence-electron chi connectivity index (χ3n) is 4.81. The third-order valence-corrected chi connectivity index (χ3v) is 4.81. The van der Waals surface area contributed by atoms with Crippen molar-refractivity contribution in [1.82, 2.24) is 9.80 Å². The molecular weight excluding hydrogens is 226 g/mol. The molecule has 4 unspecified atom stereocenters. The molecule has 4 nitrogen and oxygen atoms in total. The molecule has 0 aromatic carbocycles. The van der Waals surface area contributed by atoms with E-state index in [0.717, 1.165) is 19.5 Å². The number of rotatable bonds is 4. The molecule has 18 heavy (non-hydrogen) atoms. The van der Waals surface area contributed by atoms with Gasteiger partial charge in [-0.3, -0.25) is 9.80 Å². The largest absolute Gasteiger partial charge is 0.395 e. The maximum atomic E-state index is 9.66. The minimum atomic E-state index is 0.0904. The Bertz CT molecular complexity index is 261. The Labute approximate surface area is 111 Å². The summed E-state index contributed by atoms with van der Waals surface area (Å²) in [6.07, 6.45) is 4.94. The zero-order valence-electron chi connectivity index (χ0n) is 11.9. The van der Waals surface area contributed by atoms with E-state index in [9.17, 15) is 5.11 Å². The number of nitrogens with zero attached hydrogens (tertiary/aromatic N) is 2. The van der Waals surface area contributed by atoms with E-state index in [4.69, 9.17) is 5.73 Å². The van der Waals surface area contributed by atoms with Crippen LogP contribution in [0.15, 0.2) is 0 Å². The smallest absolute Gasteiger partial charge is 0.0602 e. The summed E-state index contributed by atoms with van der Waals surface area (Å²) in [6.45, 7) is 8.04. The number of hydrogen-bond donors (Lipinski definition) is 2. The van der Waals surface area contributed by atoms with E-state index in [-0.39, 0.29) is 18.7 Å². The molecule has 0 aliphatic carbocycles. The molecule has 4 atom stereocenters. The second-order valence-electron chi connectivity index (χ2n) is 6.01. The average Bonchev–Trinajstić information content (AvgIpc) is 2.39. The fourth-order valence-corrected chi connectivity index (χ4v) is 3.60. The minimum absolute atomic E-state index is 0.0904. The van der Waals surface area contributed by atoms with Crippen LogP contribution in [0.4, 0.5) is 0 Å². The predicted octanol–water partition coefficient (Wildman–Crippen LogP) is 0.643. The van der Waals surface area contributed by atoms with Crippen LogP contribution in [0.3, 0.4) is 0 Å². The second-order valence-corrected chi connectivity index (χ2v) is 6.01. The fourth-order valence-electron chi connectivity index (χ4n) is 3.60. The first-order chi connectivity index (χ1) is 8.67. The van der Waals surface area contributed by atoms with Crippen molar-refractivity contribution in [1.29, 1.82) is 0 Å². The molecule has 3 N–H and O–H groups in total. The van der Waals surface area contributed by atoms with E-state index < -0.39 is 0 Å². The lowest BCUT2D eigenvalue weighted by molar-refractivity contribution is -0.0273. The Kier molecular flexibility index (Phi) is 5.01. The van der Waals surface area contributed by atoms with Crippen LogP contribution >= 0.6 is 0 Å². The van der Waals surface area contributed by atoms with Crippen molar-refractivity contribution in [3.05, 3.63) is 0 Å². The summed E-state index contributed by atoms with van der Waals surface area (Å²) in [6, 6.07) is 1.42. The van der Waals surface area contributed by atoms with Gasteiger partial charge >= 0.3 is 0 Å². The fraction of sp³-hybridized carbons (Fsp3) is 1.00. The Morgan fingerprint density at radius 2 is 2.11 bits per heavy atom. The normalized spacial score (nSPS) is 34.0. The molecule has 2 rings (SSSR count). The molecule has 2 fully saturated rings. The van der Waals surface area contributed by atoms with Crippen LogP contribution in [0.2, 0.25) is 0 Å². The van der Waals surface area contributed by atoms with Crippen LogP contribution in [-0.2, 0) is 0 Å². The van der Waals surface area contributed by atoms with E-state index in [1.807, 2.05) is 0 Å². The zero-order valence-corrected chi connectivity index (χ0v) is 11.9. The number of piperidine rings is 1. The summed E-state index contributed by atoms with van der Waals surface area (Å²) in [5.74, 6) is 0. The Morgan fingerprint density at radius 1 is 1.33 bits per heavy atom. The summed E-state index contributed by atoms with van der Waals surface area (Å²) in [5.41, 5.74) is 6.17.